The first-order valence-corrected chi connectivity index (χ1v) is 11.8. The second kappa shape index (κ2) is 9.80. The summed E-state index contributed by atoms with van der Waals surface area (Å²) in [7, 11) is 3.06. The van der Waals surface area contributed by atoms with Crippen molar-refractivity contribution in [2.45, 2.75) is 26.3 Å². The average molecular weight is 493 g/mol. The predicted molar refractivity (Wildman–Crippen MR) is 133 cm³/mol. The van der Waals surface area contributed by atoms with Crippen molar-refractivity contribution < 1.29 is 14.3 Å². The van der Waals surface area contributed by atoms with Gasteiger partial charge in [0.25, 0.3) is 11.3 Å². The number of anilines is 1. The van der Waals surface area contributed by atoms with E-state index in [2.05, 4.69) is 25.0 Å². The fourth-order valence-corrected chi connectivity index (χ4v) is 4.52. The third-order valence-electron chi connectivity index (χ3n) is 6.44. The van der Waals surface area contributed by atoms with Crippen LogP contribution in [0.5, 0.6) is 11.5 Å². The van der Waals surface area contributed by atoms with Gasteiger partial charge in [-0.15, -0.1) is 0 Å². The van der Waals surface area contributed by atoms with Gasteiger partial charge in [0.2, 0.25) is 5.91 Å². The van der Waals surface area contributed by atoms with E-state index < -0.39 is 0 Å². The van der Waals surface area contributed by atoms with Crippen LogP contribution in [0.25, 0.3) is 16.7 Å². The maximum Gasteiger partial charge on any atom is 0.261 e. The third-order valence-corrected chi connectivity index (χ3v) is 6.44. The fraction of sp³-hybridized carbons (Fsp3) is 0.417. The Kier molecular flexibility index (Phi) is 6.40. The predicted octanol–water partition coefficient (Wildman–Crippen LogP) is 1.29. The smallest absolute Gasteiger partial charge is 0.261 e. The van der Waals surface area contributed by atoms with Crippen molar-refractivity contribution in [3.05, 3.63) is 46.9 Å². The topological polar surface area (TPSA) is 120 Å². The van der Waals surface area contributed by atoms with Gasteiger partial charge in [-0.3, -0.25) is 14.2 Å². The van der Waals surface area contributed by atoms with Crippen LogP contribution in [-0.4, -0.2) is 80.3 Å². The number of hydrogen-bond acceptors (Lipinski definition) is 9. The molecule has 1 aliphatic heterocycles. The molecule has 1 aliphatic rings. The molecule has 0 unspecified atom stereocenters. The molecule has 3 aromatic heterocycles. The molecule has 5 rings (SSSR count). The standard InChI is InChI=1S/C24H28N8O4/c1-16-11-21(32-24(28-16)25-14-27-32)29-7-9-30(10-8-29)22(33)5-4-6-31-15-26-18-13-20(36-3)19(35-2)12-17(18)23(31)34/h11-15H,4-10H2,1-3H3. The second-order valence-electron chi connectivity index (χ2n) is 8.67. The number of methoxy groups -OCH3 is 2. The molecule has 0 radical (unpaired) electrons. The lowest BCUT2D eigenvalue weighted by Gasteiger charge is -2.36. The van der Waals surface area contributed by atoms with E-state index in [1.807, 2.05) is 17.9 Å². The normalized spacial score (nSPS) is 14.0. The van der Waals surface area contributed by atoms with Crippen LogP contribution in [0.3, 0.4) is 0 Å². The van der Waals surface area contributed by atoms with E-state index in [9.17, 15) is 9.59 Å². The minimum atomic E-state index is -0.172. The Morgan fingerprint density at radius 3 is 2.53 bits per heavy atom. The molecule has 1 aromatic carbocycles. The Morgan fingerprint density at radius 2 is 1.78 bits per heavy atom. The van der Waals surface area contributed by atoms with Gasteiger partial charge in [-0.05, 0) is 19.4 Å². The van der Waals surface area contributed by atoms with Gasteiger partial charge in [-0.2, -0.15) is 14.6 Å². The Hall–Kier alpha value is -4.22. The molecule has 1 amide bonds. The van der Waals surface area contributed by atoms with Crippen molar-refractivity contribution in [2.24, 2.45) is 0 Å². The van der Waals surface area contributed by atoms with Gasteiger partial charge in [0.05, 0.1) is 31.4 Å². The molecule has 0 atom stereocenters. The summed E-state index contributed by atoms with van der Waals surface area (Å²) >= 11 is 0. The molecule has 1 saturated heterocycles. The molecule has 12 heteroatoms. The van der Waals surface area contributed by atoms with E-state index in [-0.39, 0.29) is 11.5 Å². The van der Waals surface area contributed by atoms with Crippen LogP contribution in [0.4, 0.5) is 5.82 Å². The SMILES string of the molecule is COc1cc2ncn(CCCC(=O)N3CCN(c4cc(C)nc5ncnn45)CC3)c(=O)c2cc1OC. The molecule has 0 spiro atoms. The van der Waals surface area contributed by atoms with Gasteiger partial charge in [-0.1, -0.05) is 0 Å². The molecule has 36 heavy (non-hydrogen) atoms. The van der Waals surface area contributed by atoms with E-state index in [0.29, 0.717) is 73.7 Å². The quantitative estimate of drug-likeness (QED) is 0.376. The molecular formula is C24H28N8O4. The Balaban J connectivity index is 1.19. The Morgan fingerprint density at radius 1 is 1.03 bits per heavy atom. The highest BCUT2D eigenvalue weighted by molar-refractivity contribution is 5.81. The van der Waals surface area contributed by atoms with Gasteiger partial charge in [0.15, 0.2) is 11.5 Å². The van der Waals surface area contributed by atoms with Gasteiger partial charge in [0.1, 0.15) is 12.1 Å². The maximum absolute atomic E-state index is 13.0. The van der Waals surface area contributed by atoms with Crippen LogP contribution < -0.4 is 19.9 Å². The number of amides is 1. The fourth-order valence-electron chi connectivity index (χ4n) is 4.52. The van der Waals surface area contributed by atoms with Crippen molar-refractivity contribution in [3.8, 4) is 11.5 Å². The summed E-state index contributed by atoms with van der Waals surface area (Å²) in [5, 5.41) is 4.73. The van der Waals surface area contributed by atoms with Crippen molar-refractivity contribution in [1.82, 2.24) is 34.0 Å². The number of aromatic nitrogens is 6. The van der Waals surface area contributed by atoms with E-state index in [4.69, 9.17) is 9.47 Å². The summed E-state index contributed by atoms with van der Waals surface area (Å²) in [6.45, 7) is 4.97. The van der Waals surface area contributed by atoms with E-state index in [0.717, 1.165) is 11.5 Å². The van der Waals surface area contributed by atoms with Crippen molar-refractivity contribution >= 4 is 28.4 Å². The summed E-state index contributed by atoms with van der Waals surface area (Å²) in [6, 6.07) is 5.31. The Bertz CT molecular complexity index is 1470. The zero-order valence-corrected chi connectivity index (χ0v) is 20.5. The van der Waals surface area contributed by atoms with Gasteiger partial charge in [0, 0.05) is 57.0 Å². The molecule has 12 nitrogen and oxygen atoms in total. The van der Waals surface area contributed by atoms with Crippen molar-refractivity contribution in [2.75, 3.05) is 45.3 Å². The number of rotatable bonds is 7. The van der Waals surface area contributed by atoms with Crippen molar-refractivity contribution in [3.63, 3.8) is 0 Å². The second-order valence-corrected chi connectivity index (χ2v) is 8.67. The molecule has 0 aliphatic carbocycles. The van der Waals surface area contributed by atoms with Crippen LogP contribution in [0.15, 0.2) is 35.6 Å². The molecule has 4 aromatic rings. The highest BCUT2D eigenvalue weighted by Gasteiger charge is 2.23. The van der Waals surface area contributed by atoms with E-state index in [1.54, 1.807) is 16.6 Å². The molecule has 1 fully saturated rings. The van der Waals surface area contributed by atoms with Crippen molar-refractivity contribution in [1.29, 1.82) is 0 Å². The minimum absolute atomic E-state index is 0.0830. The summed E-state index contributed by atoms with van der Waals surface area (Å²) < 4.78 is 13.9. The van der Waals surface area contributed by atoms with Crippen LogP contribution in [0, 0.1) is 6.92 Å². The number of piperazine rings is 1. The largest absolute Gasteiger partial charge is 0.493 e. The summed E-state index contributed by atoms with van der Waals surface area (Å²) in [5.74, 6) is 2.58. The zero-order valence-electron chi connectivity index (χ0n) is 20.5. The lowest BCUT2D eigenvalue weighted by atomic mass is 10.2. The highest BCUT2D eigenvalue weighted by Crippen LogP contribution is 2.29. The molecule has 0 saturated carbocycles. The zero-order chi connectivity index (χ0) is 25.2. The minimum Gasteiger partial charge on any atom is -0.493 e. The first kappa shape index (κ1) is 23.5. The van der Waals surface area contributed by atoms with Crippen LogP contribution in [-0.2, 0) is 11.3 Å². The number of carbonyl (C=O) groups excluding carboxylic acids is 1. The molecule has 4 heterocycles. The summed E-state index contributed by atoms with van der Waals surface area (Å²) in [6.07, 6.45) is 3.91. The summed E-state index contributed by atoms with van der Waals surface area (Å²) in [5.41, 5.74) is 1.24. The molecule has 188 valence electrons. The monoisotopic (exact) mass is 492 g/mol. The number of benzene rings is 1. The maximum atomic E-state index is 13.0. The number of ether oxygens (including phenoxy) is 2. The Labute approximate surface area is 207 Å². The first-order chi connectivity index (χ1) is 17.5. The lowest BCUT2D eigenvalue weighted by Crippen LogP contribution is -2.49. The number of nitrogens with zero attached hydrogens (tertiary/aromatic N) is 8. The average Bonchev–Trinajstić information content (AvgIpc) is 3.37. The van der Waals surface area contributed by atoms with Gasteiger partial charge in [-0.25, -0.2) is 9.97 Å². The molecule has 0 bridgehead atoms. The van der Waals surface area contributed by atoms with Crippen LogP contribution in [0.1, 0.15) is 18.5 Å². The van der Waals surface area contributed by atoms with Gasteiger partial charge < -0.3 is 19.3 Å². The number of carbonyl (C=O) groups is 1. The van der Waals surface area contributed by atoms with E-state index in [1.165, 1.54) is 31.4 Å². The van der Waals surface area contributed by atoms with Gasteiger partial charge >= 0.3 is 0 Å². The number of hydrogen-bond donors (Lipinski definition) is 0. The highest BCUT2D eigenvalue weighted by atomic mass is 16.5. The number of fused-ring (bicyclic) bond motifs is 2. The van der Waals surface area contributed by atoms with Crippen LogP contribution in [0.2, 0.25) is 0 Å². The van der Waals surface area contributed by atoms with E-state index >= 15 is 0 Å². The lowest BCUT2D eigenvalue weighted by molar-refractivity contribution is -0.131. The number of aryl methyl sites for hydroxylation is 2. The summed E-state index contributed by atoms with van der Waals surface area (Å²) in [4.78, 5) is 42.8. The third kappa shape index (κ3) is 4.41. The van der Waals surface area contributed by atoms with Crippen LogP contribution >= 0.6 is 0 Å². The first-order valence-electron chi connectivity index (χ1n) is 11.8. The molecule has 0 N–H and O–H groups in total. The molecular weight excluding hydrogens is 464 g/mol.